The van der Waals surface area contributed by atoms with E-state index in [1.54, 1.807) is 48.5 Å². The molecule has 0 N–H and O–H groups in total. The van der Waals surface area contributed by atoms with Gasteiger partial charge in [-0.05, 0) is 36.4 Å². The maximum atomic E-state index is 12.9. The second-order valence-corrected chi connectivity index (χ2v) is 7.37. The fraction of sp³-hybridized carbons (Fsp3) is 0.222. The van der Waals surface area contributed by atoms with Crippen molar-refractivity contribution in [1.29, 1.82) is 0 Å². The van der Waals surface area contributed by atoms with Crippen LogP contribution < -0.4 is 14.4 Å². The molecular weight excluding hydrogens is 484 g/mol. The van der Waals surface area contributed by atoms with Gasteiger partial charge in [0.1, 0.15) is 41.4 Å². The van der Waals surface area contributed by atoms with Crippen LogP contribution in [0.5, 0.6) is 17.2 Å². The molecule has 0 fully saturated rings. The minimum atomic E-state index is -1.14. The smallest absolute Gasteiger partial charge is 0.342 e. The van der Waals surface area contributed by atoms with E-state index in [9.17, 15) is 14.4 Å². The fourth-order valence-corrected chi connectivity index (χ4v) is 3.25. The van der Waals surface area contributed by atoms with Gasteiger partial charge in [0.05, 0.1) is 21.3 Å². The standard InChI is InChI=1S/C27H26O10/c1-31-22-13-7-4-10-19(22)25(28)34-16-18(36-27(30)20-11-5-8-14-23(20)32-2)17-35-26(29)21-12-6-9-15-24(21)37-33-3/h4-15,18H,16-17H2,1-3H3. The Balaban J connectivity index is 1.75. The zero-order valence-corrected chi connectivity index (χ0v) is 20.5. The summed E-state index contributed by atoms with van der Waals surface area (Å²) in [5.41, 5.74) is 0.420. The molecule has 194 valence electrons. The predicted octanol–water partition coefficient (Wildman–Crippen LogP) is 3.88. The average molecular weight is 510 g/mol. The molecule has 3 aromatic rings. The Morgan fingerprint density at radius 2 is 1.00 bits per heavy atom. The van der Waals surface area contributed by atoms with E-state index in [4.69, 9.17) is 28.6 Å². The molecule has 3 rings (SSSR count). The van der Waals surface area contributed by atoms with E-state index in [-0.39, 0.29) is 22.4 Å². The number of carbonyl (C=O) groups excluding carboxylic acids is 3. The Morgan fingerprint density at radius 3 is 1.46 bits per heavy atom. The molecule has 1 atom stereocenters. The van der Waals surface area contributed by atoms with Crippen molar-refractivity contribution in [3.8, 4) is 17.2 Å². The summed E-state index contributed by atoms with van der Waals surface area (Å²) in [6.45, 7) is -0.818. The lowest BCUT2D eigenvalue weighted by atomic mass is 10.2. The lowest BCUT2D eigenvalue weighted by Gasteiger charge is -2.19. The minimum absolute atomic E-state index is 0.0881. The summed E-state index contributed by atoms with van der Waals surface area (Å²) >= 11 is 0. The van der Waals surface area contributed by atoms with Crippen LogP contribution in [0.25, 0.3) is 0 Å². The summed E-state index contributed by atoms with van der Waals surface area (Å²) < 4.78 is 26.6. The van der Waals surface area contributed by atoms with Crippen molar-refractivity contribution < 1.29 is 47.8 Å². The van der Waals surface area contributed by atoms with Crippen molar-refractivity contribution >= 4 is 17.9 Å². The van der Waals surface area contributed by atoms with Crippen molar-refractivity contribution in [2.24, 2.45) is 0 Å². The third kappa shape index (κ3) is 7.21. The quantitative estimate of drug-likeness (QED) is 0.154. The Bertz CT molecular complexity index is 1220. The summed E-state index contributed by atoms with van der Waals surface area (Å²) in [7, 11) is 4.14. The van der Waals surface area contributed by atoms with Crippen LogP contribution in [-0.2, 0) is 19.1 Å². The van der Waals surface area contributed by atoms with E-state index in [0.29, 0.717) is 11.5 Å². The average Bonchev–Trinajstić information content (AvgIpc) is 2.94. The Kier molecular flexibility index (Phi) is 9.86. The highest BCUT2D eigenvalue weighted by Crippen LogP contribution is 2.22. The van der Waals surface area contributed by atoms with Gasteiger partial charge in [-0.3, -0.25) is 0 Å². The largest absolute Gasteiger partial charge is 0.496 e. The lowest BCUT2D eigenvalue weighted by molar-refractivity contribution is -0.178. The number of hydrogen-bond donors (Lipinski definition) is 0. The minimum Gasteiger partial charge on any atom is -0.496 e. The molecule has 0 bridgehead atoms. The Morgan fingerprint density at radius 1 is 0.595 bits per heavy atom. The maximum absolute atomic E-state index is 12.9. The van der Waals surface area contributed by atoms with E-state index >= 15 is 0 Å². The highest BCUT2D eigenvalue weighted by Gasteiger charge is 2.24. The molecule has 0 spiro atoms. The summed E-state index contributed by atoms with van der Waals surface area (Å²) in [6, 6.07) is 19.2. The van der Waals surface area contributed by atoms with E-state index < -0.39 is 37.2 Å². The zero-order valence-electron chi connectivity index (χ0n) is 20.5. The van der Waals surface area contributed by atoms with Gasteiger partial charge in [0.25, 0.3) is 0 Å². The molecule has 0 heterocycles. The number of hydrogen-bond acceptors (Lipinski definition) is 10. The van der Waals surface area contributed by atoms with Gasteiger partial charge in [-0.15, -0.1) is 0 Å². The molecule has 0 aliphatic rings. The van der Waals surface area contributed by atoms with E-state index in [2.05, 4.69) is 4.89 Å². The normalized spacial score (nSPS) is 11.1. The first kappa shape index (κ1) is 27.0. The van der Waals surface area contributed by atoms with E-state index in [1.165, 1.54) is 45.6 Å². The third-order valence-electron chi connectivity index (χ3n) is 5.01. The topological polar surface area (TPSA) is 116 Å². The Labute approximate surface area is 213 Å². The van der Waals surface area contributed by atoms with Gasteiger partial charge in [-0.1, -0.05) is 36.4 Å². The molecule has 1 unspecified atom stereocenters. The van der Waals surface area contributed by atoms with E-state index in [1.807, 2.05) is 0 Å². The summed E-state index contributed by atoms with van der Waals surface area (Å²) in [4.78, 5) is 47.8. The van der Waals surface area contributed by atoms with Gasteiger partial charge in [-0.25, -0.2) is 14.4 Å². The second kappa shape index (κ2) is 13.5. The van der Waals surface area contributed by atoms with Crippen LogP contribution >= 0.6 is 0 Å². The van der Waals surface area contributed by atoms with Crippen molar-refractivity contribution in [1.82, 2.24) is 0 Å². The maximum Gasteiger partial charge on any atom is 0.342 e. The third-order valence-corrected chi connectivity index (χ3v) is 5.01. The lowest BCUT2D eigenvalue weighted by Crippen LogP contribution is -2.31. The first-order valence-corrected chi connectivity index (χ1v) is 11.1. The molecule has 0 saturated carbocycles. The van der Waals surface area contributed by atoms with Gasteiger partial charge in [0.2, 0.25) is 0 Å². The molecule has 0 radical (unpaired) electrons. The van der Waals surface area contributed by atoms with Crippen LogP contribution in [0.15, 0.2) is 72.8 Å². The Hall–Kier alpha value is -4.57. The highest BCUT2D eigenvalue weighted by molar-refractivity contribution is 5.94. The van der Waals surface area contributed by atoms with Crippen LogP contribution in [-0.4, -0.2) is 58.6 Å². The number of esters is 3. The predicted molar refractivity (Wildman–Crippen MR) is 130 cm³/mol. The van der Waals surface area contributed by atoms with Crippen LogP contribution in [0.2, 0.25) is 0 Å². The molecule has 0 aliphatic heterocycles. The molecule has 10 nitrogen and oxygen atoms in total. The number of carbonyl (C=O) groups is 3. The van der Waals surface area contributed by atoms with Gasteiger partial charge in [-0.2, -0.15) is 4.89 Å². The summed E-state index contributed by atoms with van der Waals surface area (Å²) in [5.74, 6) is -1.48. The molecule has 3 aromatic carbocycles. The number of methoxy groups -OCH3 is 2. The molecule has 0 saturated heterocycles. The zero-order chi connectivity index (χ0) is 26.6. The van der Waals surface area contributed by atoms with Gasteiger partial charge < -0.3 is 28.6 Å². The number of rotatable bonds is 12. The molecular formula is C27H26O10. The van der Waals surface area contributed by atoms with Crippen molar-refractivity contribution in [3.05, 3.63) is 89.5 Å². The SMILES string of the molecule is COOc1ccccc1C(=O)OCC(COC(=O)c1ccccc1OC)OC(=O)c1ccccc1OC. The second-order valence-electron chi connectivity index (χ2n) is 7.37. The van der Waals surface area contributed by atoms with Crippen LogP contribution in [0.1, 0.15) is 31.1 Å². The summed E-state index contributed by atoms with van der Waals surface area (Å²) in [6.07, 6.45) is -1.14. The molecule has 37 heavy (non-hydrogen) atoms. The highest BCUT2D eigenvalue weighted by atomic mass is 17.2. The number of benzene rings is 3. The first-order chi connectivity index (χ1) is 18.0. The molecule has 10 heteroatoms. The van der Waals surface area contributed by atoms with Crippen LogP contribution in [0, 0.1) is 0 Å². The van der Waals surface area contributed by atoms with E-state index in [0.717, 1.165) is 0 Å². The molecule has 0 amide bonds. The fourth-order valence-electron chi connectivity index (χ4n) is 3.25. The molecule has 0 aromatic heterocycles. The van der Waals surface area contributed by atoms with Crippen molar-refractivity contribution in [2.45, 2.75) is 6.10 Å². The van der Waals surface area contributed by atoms with Crippen molar-refractivity contribution in [2.75, 3.05) is 34.5 Å². The van der Waals surface area contributed by atoms with Gasteiger partial charge in [0, 0.05) is 0 Å². The van der Waals surface area contributed by atoms with Crippen LogP contribution in [0.3, 0.4) is 0 Å². The van der Waals surface area contributed by atoms with Gasteiger partial charge in [0.15, 0.2) is 11.9 Å². The van der Waals surface area contributed by atoms with Crippen LogP contribution in [0.4, 0.5) is 0 Å². The van der Waals surface area contributed by atoms with Gasteiger partial charge >= 0.3 is 17.9 Å². The summed E-state index contributed by atoms with van der Waals surface area (Å²) in [5, 5.41) is 0. The number of para-hydroxylation sites is 3. The van der Waals surface area contributed by atoms with Crippen molar-refractivity contribution in [3.63, 3.8) is 0 Å². The monoisotopic (exact) mass is 510 g/mol. The number of ether oxygens (including phenoxy) is 5. The first-order valence-electron chi connectivity index (χ1n) is 11.1. The molecule has 0 aliphatic carbocycles.